The molecule has 2 rings (SSSR count). The molecule has 0 unspecified atom stereocenters. The van der Waals surface area contributed by atoms with Crippen molar-refractivity contribution in [3.63, 3.8) is 0 Å². The Bertz CT molecular complexity index is 903. The molecule has 0 spiro atoms. The molecule has 0 radical (unpaired) electrons. The number of benzene rings is 2. The fraction of sp³-hybridized carbons (Fsp3) is 0.0667. The number of rotatable bonds is 4. The van der Waals surface area contributed by atoms with Crippen LogP contribution in [-0.4, -0.2) is 16.0 Å². The Balaban J connectivity index is 2.55. The number of ether oxygens (including phenoxy) is 1. The summed E-state index contributed by atoms with van der Waals surface area (Å²) in [6.07, 6.45) is -4.89. The van der Waals surface area contributed by atoms with Gasteiger partial charge in [0, 0.05) is 12.1 Å². The first-order valence-electron chi connectivity index (χ1n) is 6.45. The van der Waals surface area contributed by atoms with Crippen LogP contribution in [0.3, 0.4) is 0 Å². The molecule has 10 heteroatoms. The van der Waals surface area contributed by atoms with Crippen molar-refractivity contribution in [2.24, 2.45) is 0 Å². The highest BCUT2D eigenvalue weighted by atomic mass is 19.4. The van der Waals surface area contributed by atoms with Crippen LogP contribution in [0.1, 0.15) is 21.5 Å². The van der Waals surface area contributed by atoms with Gasteiger partial charge in [-0.05, 0) is 18.2 Å². The van der Waals surface area contributed by atoms with E-state index in [1.807, 2.05) is 0 Å². The standard InChI is InChI=1S/C15H7F3N2O5/c16-15(17,18)13-8(7-19)2-1-3-12(13)25-9-4-5-11(20(23)24)10(6-9)14(21)22/h1-6H,(H,21,22). The monoisotopic (exact) mass is 352 g/mol. The van der Waals surface area contributed by atoms with Crippen molar-refractivity contribution in [2.75, 3.05) is 0 Å². The number of hydrogen-bond donors (Lipinski definition) is 1. The van der Waals surface area contributed by atoms with E-state index in [4.69, 9.17) is 15.1 Å². The number of nitriles is 1. The molecule has 0 aliphatic heterocycles. The summed E-state index contributed by atoms with van der Waals surface area (Å²) in [5, 5.41) is 28.6. The number of aromatic carboxylic acids is 1. The first-order chi connectivity index (χ1) is 11.6. The zero-order valence-electron chi connectivity index (χ0n) is 12.1. The minimum Gasteiger partial charge on any atom is -0.477 e. The van der Waals surface area contributed by atoms with Gasteiger partial charge in [-0.3, -0.25) is 10.1 Å². The van der Waals surface area contributed by atoms with E-state index >= 15 is 0 Å². The van der Waals surface area contributed by atoms with Gasteiger partial charge in [0.05, 0.1) is 16.6 Å². The minimum absolute atomic E-state index is 0.358. The second-order valence-corrected chi connectivity index (χ2v) is 4.63. The Morgan fingerprint density at radius 2 is 1.96 bits per heavy atom. The third-order valence-corrected chi connectivity index (χ3v) is 3.05. The molecule has 0 aliphatic carbocycles. The third-order valence-electron chi connectivity index (χ3n) is 3.05. The van der Waals surface area contributed by atoms with Gasteiger partial charge in [0.1, 0.15) is 22.6 Å². The normalized spacial score (nSPS) is 10.8. The number of nitro groups is 1. The van der Waals surface area contributed by atoms with E-state index in [0.717, 1.165) is 36.4 Å². The maximum atomic E-state index is 13.2. The lowest BCUT2D eigenvalue weighted by Crippen LogP contribution is -2.10. The van der Waals surface area contributed by atoms with Gasteiger partial charge in [-0.25, -0.2) is 4.79 Å². The number of nitrogens with zero attached hydrogens (tertiary/aromatic N) is 2. The minimum atomic E-state index is -4.89. The summed E-state index contributed by atoms with van der Waals surface area (Å²) in [6, 6.07) is 6.96. The van der Waals surface area contributed by atoms with Gasteiger partial charge in [-0.15, -0.1) is 0 Å². The van der Waals surface area contributed by atoms with Gasteiger partial charge in [0.15, 0.2) is 0 Å². The van der Waals surface area contributed by atoms with Crippen LogP contribution in [0.5, 0.6) is 11.5 Å². The molecular formula is C15H7F3N2O5. The van der Waals surface area contributed by atoms with E-state index in [0.29, 0.717) is 0 Å². The molecule has 7 nitrogen and oxygen atoms in total. The summed E-state index contributed by atoms with van der Waals surface area (Å²) in [6.45, 7) is 0. The van der Waals surface area contributed by atoms with Crippen molar-refractivity contribution in [1.82, 2.24) is 0 Å². The fourth-order valence-electron chi connectivity index (χ4n) is 2.04. The van der Waals surface area contributed by atoms with Crippen molar-refractivity contribution >= 4 is 11.7 Å². The van der Waals surface area contributed by atoms with Crippen LogP contribution in [0.2, 0.25) is 0 Å². The van der Waals surface area contributed by atoms with Gasteiger partial charge < -0.3 is 9.84 Å². The first-order valence-corrected chi connectivity index (χ1v) is 6.45. The molecule has 2 aromatic rings. The summed E-state index contributed by atoms with van der Waals surface area (Å²) in [5.41, 5.74) is -3.48. The molecular weight excluding hydrogens is 345 g/mol. The maximum Gasteiger partial charge on any atom is 0.421 e. The quantitative estimate of drug-likeness (QED) is 0.658. The Kier molecular flexibility index (Phi) is 4.60. The molecule has 0 saturated carbocycles. The lowest BCUT2D eigenvalue weighted by Gasteiger charge is -2.15. The number of carboxylic acids is 1. The second kappa shape index (κ2) is 6.48. The van der Waals surface area contributed by atoms with Crippen LogP contribution in [-0.2, 0) is 6.18 Å². The van der Waals surface area contributed by atoms with Crippen molar-refractivity contribution in [2.45, 2.75) is 6.18 Å². The highest BCUT2D eigenvalue weighted by Gasteiger charge is 2.37. The number of carboxylic acid groups (broad SMARTS) is 1. The number of hydrogen-bond acceptors (Lipinski definition) is 5. The van der Waals surface area contributed by atoms with E-state index in [2.05, 4.69) is 0 Å². The summed E-state index contributed by atoms with van der Waals surface area (Å²) in [7, 11) is 0. The molecule has 0 aromatic heterocycles. The number of alkyl halides is 3. The zero-order valence-corrected chi connectivity index (χ0v) is 12.1. The van der Waals surface area contributed by atoms with E-state index in [1.54, 1.807) is 0 Å². The first kappa shape index (κ1) is 17.7. The molecule has 2 aromatic carbocycles. The van der Waals surface area contributed by atoms with Gasteiger partial charge in [-0.2, -0.15) is 18.4 Å². The van der Waals surface area contributed by atoms with E-state index in [1.165, 1.54) is 6.07 Å². The predicted octanol–water partition coefficient (Wildman–Crippen LogP) is 3.98. The molecule has 1 N–H and O–H groups in total. The fourth-order valence-corrected chi connectivity index (χ4v) is 2.04. The molecule has 0 saturated heterocycles. The average Bonchev–Trinajstić information content (AvgIpc) is 2.53. The van der Waals surface area contributed by atoms with Gasteiger partial charge in [-0.1, -0.05) is 6.07 Å². The topological polar surface area (TPSA) is 113 Å². The predicted molar refractivity (Wildman–Crippen MR) is 76.3 cm³/mol. The average molecular weight is 352 g/mol. The molecule has 0 amide bonds. The highest BCUT2D eigenvalue weighted by molar-refractivity contribution is 5.92. The van der Waals surface area contributed by atoms with Gasteiger partial charge in [0.25, 0.3) is 5.69 Å². The van der Waals surface area contributed by atoms with Crippen LogP contribution < -0.4 is 4.74 Å². The summed E-state index contributed by atoms with van der Waals surface area (Å²) >= 11 is 0. The Morgan fingerprint density at radius 3 is 2.48 bits per heavy atom. The smallest absolute Gasteiger partial charge is 0.421 e. The number of nitro benzene ring substituents is 1. The van der Waals surface area contributed by atoms with Crippen molar-refractivity contribution in [3.05, 3.63) is 63.2 Å². The van der Waals surface area contributed by atoms with E-state index in [9.17, 15) is 28.1 Å². The van der Waals surface area contributed by atoms with E-state index < -0.39 is 45.2 Å². The number of halogens is 3. The SMILES string of the molecule is N#Cc1cccc(Oc2ccc([N+](=O)[O-])c(C(=O)O)c2)c1C(F)(F)F. The maximum absolute atomic E-state index is 13.2. The Morgan fingerprint density at radius 1 is 1.28 bits per heavy atom. The molecule has 0 atom stereocenters. The van der Waals surface area contributed by atoms with Crippen LogP contribution in [0.4, 0.5) is 18.9 Å². The van der Waals surface area contributed by atoms with Crippen molar-refractivity contribution in [1.29, 1.82) is 5.26 Å². The van der Waals surface area contributed by atoms with Gasteiger partial charge in [0.2, 0.25) is 0 Å². The van der Waals surface area contributed by atoms with Gasteiger partial charge >= 0.3 is 12.1 Å². The number of carbonyl (C=O) groups is 1. The van der Waals surface area contributed by atoms with Crippen LogP contribution in [0.15, 0.2) is 36.4 Å². The van der Waals surface area contributed by atoms with E-state index in [-0.39, 0.29) is 5.75 Å². The molecule has 0 bridgehead atoms. The van der Waals surface area contributed by atoms with Crippen LogP contribution in [0.25, 0.3) is 0 Å². The zero-order chi connectivity index (χ0) is 18.8. The molecule has 25 heavy (non-hydrogen) atoms. The molecule has 0 fully saturated rings. The Hall–Kier alpha value is -3.61. The van der Waals surface area contributed by atoms with Crippen molar-refractivity contribution in [3.8, 4) is 17.6 Å². The van der Waals surface area contributed by atoms with Crippen LogP contribution in [0, 0.1) is 21.4 Å². The molecule has 0 aliphatic rings. The Labute approximate surface area is 137 Å². The summed E-state index contributed by atoms with van der Waals surface area (Å²) in [4.78, 5) is 20.9. The summed E-state index contributed by atoms with van der Waals surface area (Å²) < 4.78 is 44.5. The third kappa shape index (κ3) is 3.66. The molecule has 0 heterocycles. The largest absolute Gasteiger partial charge is 0.477 e. The lowest BCUT2D eigenvalue weighted by molar-refractivity contribution is -0.385. The highest BCUT2D eigenvalue weighted by Crippen LogP contribution is 2.40. The van der Waals surface area contributed by atoms with Crippen LogP contribution >= 0.6 is 0 Å². The van der Waals surface area contributed by atoms with Crippen molar-refractivity contribution < 1.29 is 32.7 Å². The molecule has 128 valence electrons. The lowest BCUT2D eigenvalue weighted by atomic mass is 10.1. The second-order valence-electron chi connectivity index (χ2n) is 4.63. The summed E-state index contributed by atoms with van der Waals surface area (Å²) in [5.74, 6) is -2.72.